The second kappa shape index (κ2) is 6.41. The van der Waals surface area contributed by atoms with E-state index in [1.807, 2.05) is 5.57 Å². The van der Waals surface area contributed by atoms with Gasteiger partial charge in [0, 0.05) is 0 Å². The predicted octanol–water partition coefficient (Wildman–Crippen LogP) is 9.05. The Kier molecular flexibility index (Phi) is 4.61. The van der Waals surface area contributed by atoms with Crippen molar-refractivity contribution in [2.24, 2.45) is 56.7 Å². The summed E-state index contributed by atoms with van der Waals surface area (Å²) in [6.45, 7) is 21.1. The maximum absolute atomic E-state index is 2.83. The summed E-state index contributed by atoms with van der Waals surface area (Å²) in [4.78, 5) is 0. The topological polar surface area (TPSA) is 0 Å². The molecule has 4 fully saturated rings. The van der Waals surface area contributed by atoms with Crippen molar-refractivity contribution in [3.05, 3.63) is 11.6 Å². The Morgan fingerprint density at radius 1 is 0.767 bits per heavy atom. The zero-order valence-corrected chi connectivity index (χ0v) is 21.5. The second-order valence-electron chi connectivity index (χ2n) is 14.6. The molecule has 4 saturated carbocycles. The molecule has 0 N–H and O–H groups in total. The molecule has 0 aliphatic heterocycles. The van der Waals surface area contributed by atoms with Crippen LogP contribution in [0.4, 0.5) is 0 Å². The van der Waals surface area contributed by atoms with Crippen LogP contribution in [-0.4, -0.2) is 0 Å². The Morgan fingerprint density at radius 3 is 2.20 bits per heavy atom. The summed E-state index contributed by atoms with van der Waals surface area (Å²) in [5, 5.41) is 0. The minimum Gasteiger partial charge on any atom is -0.0841 e. The third-order valence-corrected chi connectivity index (χ3v) is 13.0. The number of rotatable bonds is 1. The van der Waals surface area contributed by atoms with Gasteiger partial charge in [0.2, 0.25) is 0 Å². The van der Waals surface area contributed by atoms with E-state index in [2.05, 4.69) is 61.5 Å². The SMILES string of the molecule is CC(C)[C@H]1CC[C@@H]2[C@]1(C)CC[C@]1(C)C3=CC[C@H]4C(C)(C)CCC[C@]4(C)[C@H]3CC[C@@]21C. The van der Waals surface area contributed by atoms with Crippen LogP contribution in [0.15, 0.2) is 11.6 Å². The Morgan fingerprint density at radius 2 is 1.50 bits per heavy atom. The molecule has 30 heavy (non-hydrogen) atoms. The molecular formula is C30H50. The first kappa shape index (κ1) is 21.6. The molecule has 0 aromatic carbocycles. The highest BCUT2D eigenvalue weighted by molar-refractivity contribution is 5.33. The van der Waals surface area contributed by atoms with Crippen molar-refractivity contribution in [3.63, 3.8) is 0 Å². The summed E-state index contributed by atoms with van der Waals surface area (Å²) in [7, 11) is 0. The molecule has 0 bridgehead atoms. The fourth-order valence-electron chi connectivity index (χ4n) is 11.3. The van der Waals surface area contributed by atoms with Crippen molar-refractivity contribution in [1.29, 1.82) is 0 Å². The highest BCUT2D eigenvalue weighted by Gasteiger charge is 2.67. The molecule has 0 unspecified atom stereocenters. The maximum Gasteiger partial charge on any atom is -0.00566 e. The molecule has 0 saturated heterocycles. The normalized spacial score (nSPS) is 54.6. The number of hydrogen-bond donors (Lipinski definition) is 0. The number of allylic oxidation sites excluding steroid dienone is 2. The van der Waals surface area contributed by atoms with Gasteiger partial charge in [0.25, 0.3) is 0 Å². The summed E-state index contributed by atoms with van der Waals surface area (Å²) in [5.41, 5.74) is 4.57. The van der Waals surface area contributed by atoms with Gasteiger partial charge in [-0.3, -0.25) is 0 Å². The maximum atomic E-state index is 2.83. The van der Waals surface area contributed by atoms with Gasteiger partial charge in [-0.25, -0.2) is 0 Å². The van der Waals surface area contributed by atoms with Crippen LogP contribution in [0.5, 0.6) is 0 Å². The zero-order valence-electron chi connectivity index (χ0n) is 21.5. The van der Waals surface area contributed by atoms with E-state index in [-0.39, 0.29) is 0 Å². The Balaban J connectivity index is 1.55. The van der Waals surface area contributed by atoms with Crippen molar-refractivity contribution < 1.29 is 0 Å². The summed E-state index contributed by atoms with van der Waals surface area (Å²) in [6, 6.07) is 0. The predicted molar refractivity (Wildman–Crippen MR) is 129 cm³/mol. The van der Waals surface area contributed by atoms with Crippen LogP contribution in [0.2, 0.25) is 0 Å². The first-order chi connectivity index (χ1) is 13.9. The fraction of sp³-hybridized carbons (Fsp3) is 0.933. The summed E-state index contributed by atoms with van der Waals surface area (Å²) >= 11 is 0. The summed E-state index contributed by atoms with van der Waals surface area (Å²) in [6.07, 6.45) is 17.4. The third-order valence-electron chi connectivity index (χ3n) is 13.0. The van der Waals surface area contributed by atoms with Gasteiger partial charge in [0.05, 0.1) is 0 Å². The van der Waals surface area contributed by atoms with E-state index >= 15 is 0 Å². The van der Waals surface area contributed by atoms with Gasteiger partial charge in [-0.1, -0.05) is 73.5 Å². The van der Waals surface area contributed by atoms with Gasteiger partial charge in [-0.15, -0.1) is 0 Å². The highest BCUT2D eigenvalue weighted by Crippen LogP contribution is 2.76. The fourth-order valence-corrected chi connectivity index (χ4v) is 11.3. The van der Waals surface area contributed by atoms with E-state index in [0.29, 0.717) is 27.1 Å². The standard InChI is InChI=1S/C30H50/c1-20(2)21-10-13-25-28(21,6)18-19-29(7)23-11-12-24-26(3,4)15-9-16-27(24,5)22(23)14-17-30(25,29)8/h11,20-22,24-25H,9-10,12-19H2,1-8H3/t21-,22+,24+,25-,27-,28-,29-,30+/m1/s1. The lowest BCUT2D eigenvalue weighted by molar-refractivity contribution is -0.144. The lowest BCUT2D eigenvalue weighted by Crippen LogP contribution is -2.60. The van der Waals surface area contributed by atoms with Gasteiger partial charge in [0.15, 0.2) is 0 Å². The number of fused-ring (bicyclic) bond motifs is 7. The quantitative estimate of drug-likeness (QED) is 0.378. The average Bonchev–Trinajstić information content (AvgIpc) is 3.01. The summed E-state index contributed by atoms with van der Waals surface area (Å²) < 4.78 is 0. The Labute approximate surface area is 188 Å². The zero-order chi connectivity index (χ0) is 21.7. The van der Waals surface area contributed by atoms with Gasteiger partial charge >= 0.3 is 0 Å². The van der Waals surface area contributed by atoms with E-state index in [1.165, 1.54) is 64.2 Å². The molecule has 0 spiro atoms. The van der Waals surface area contributed by atoms with E-state index in [0.717, 1.165) is 29.6 Å². The molecule has 0 radical (unpaired) electrons. The second-order valence-corrected chi connectivity index (χ2v) is 14.6. The van der Waals surface area contributed by atoms with E-state index in [1.54, 1.807) is 0 Å². The monoisotopic (exact) mass is 410 g/mol. The van der Waals surface area contributed by atoms with Crippen LogP contribution in [0.3, 0.4) is 0 Å². The highest BCUT2D eigenvalue weighted by atomic mass is 14.7. The van der Waals surface area contributed by atoms with Crippen LogP contribution >= 0.6 is 0 Å². The van der Waals surface area contributed by atoms with Crippen molar-refractivity contribution in [3.8, 4) is 0 Å². The first-order valence-electron chi connectivity index (χ1n) is 13.6. The molecule has 0 amide bonds. The van der Waals surface area contributed by atoms with Crippen LogP contribution in [-0.2, 0) is 0 Å². The molecular weight excluding hydrogens is 360 g/mol. The van der Waals surface area contributed by atoms with Crippen LogP contribution < -0.4 is 0 Å². The van der Waals surface area contributed by atoms with Crippen molar-refractivity contribution in [2.75, 3.05) is 0 Å². The molecule has 170 valence electrons. The van der Waals surface area contributed by atoms with Crippen LogP contribution in [0, 0.1) is 56.7 Å². The molecule has 5 rings (SSSR count). The van der Waals surface area contributed by atoms with Crippen molar-refractivity contribution >= 4 is 0 Å². The molecule has 0 heterocycles. The van der Waals surface area contributed by atoms with Gasteiger partial charge in [-0.2, -0.15) is 0 Å². The van der Waals surface area contributed by atoms with Crippen molar-refractivity contribution in [1.82, 2.24) is 0 Å². The molecule has 0 heteroatoms. The van der Waals surface area contributed by atoms with Crippen LogP contribution in [0.25, 0.3) is 0 Å². The smallest absolute Gasteiger partial charge is 0.00566 e. The lowest BCUT2D eigenvalue weighted by atomic mass is 9.36. The van der Waals surface area contributed by atoms with E-state index in [4.69, 9.17) is 0 Å². The Hall–Kier alpha value is -0.260. The largest absolute Gasteiger partial charge is 0.0841 e. The van der Waals surface area contributed by atoms with Gasteiger partial charge in [0.1, 0.15) is 0 Å². The number of hydrogen-bond acceptors (Lipinski definition) is 0. The summed E-state index contributed by atoms with van der Waals surface area (Å²) in [5.74, 6) is 4.49. The van der Waals surface area contributed by atoms with Gasteiger partial charge < -0.3 is 0 Å². The molecule has 8 atom stereocenters. The van der Waals surface area contributed by atoms with Gasteiger partial charge in [-0.05, 0) is 114 Å². The van der Waals surface area contributed by atoms with Crippen LogP contribution in [0.1, 0.15) is 120 Å². The molecule has 5 aliphatic rings. The van der Waals surface area contributed by atoms with E-state index in [9.17, 15) is 0 Å². The van der Waals surface area contributed by atoms with Crippen molar-refractivity contribution in [2.45, 2.75) is 120 Å². The molecule has 0 aromatic rings. The average molecular weight is 411 g/mol. The third kappa shape index (κ3) is 2.46. The first-order valence-corrected chi connectivity index (χ1v) is 13.6. The molecule has 0 nitrogen and oxygen atoms in total. The molecule has 0 aromatic heterocycles. The lowest BCUT2D eigenvalue weighted by Gasteiger charge is -2.69. The Bertz CT molecular complexity index is 741. The van der Waals surface area contributed by atoms with E-state index < -0.39 is 0 Å². The minimum atomic E-state index is 0.446. The molecule has 5 aliphatic carbocycles. The minimum absolute atomic E-state index is 0.446.